The van der Waals surface area contributed by atoms with Crippen LogP contribution >= 0.6 is 0 Å². The number of nitrogens with one attached hydrogen (secondary N) is 2. The molecule has 0 spiro atoms. The molecule has 0 aromatic heterocycles. The number of hydrogen-bond acceptors (Lipinski definition) is 4. The molecule has 0 bridgehead atoms. The summed E-state index contributed by atoms with van der Waals surface area (Å²) < 4.78 is 24.1. The molecule has 2 N–H and O–H groups in total. The van der Waals surface area contributed by atoms with E-state index in [-0.39, 0.29) is 30.4 Å². The Morgan fingerprint density at radius 1 is 1.04 bits per heavy atom. The van der Waals surface area contributed by atoms with Gasteiger partial charge in [-0.1, -0.05) is 18.2 Å². The lowest BCUT2D eigenvalue weighted by Gasteiger charge is -2.08. The monoisotopic (exact) mass is 342 g/mol. The molecule has 2 aromatic rings. The summed E-state index contributed by atoms with van der Waals surface area (Å²) in [5.74, 6) is -0.533. The minimum atomic E-state index is -0.463. The van der Waals surface area contributed by atoms with Crippen molar-refractivity contribution in [1.29, 1.82) is 0 Å². The molecular weight excluding hydrogens is 327 g/mol. The van der Waals surface area contributed by atoms with Gasteiger partial charge in [0.25, 0.3) is 5.91 Å². The molecule has 1 aliphatic carbocycles. The van der Waals surface area contributed by atoms with Crippen LogP contribution in [0.1, 0.15) is 28.3 Å². The van der Waals surface area contributed by atoms with Crippen molar-refractivity contribution < 1.29 is 23.5 Å². The van der Waals surface area contributed by atoms with Gasteiger partial charge in [0.2, 0.25) is 12.7 Å². The number of carbonyl (C=O) groups excluding carboxylic acids is 2. The van der Waals surface area contributed by atoms with E-state index in [2.05, 4.69) is 10.9 Å². The number of fused-ring (bicyclic) bond motifs is 1. The highest BCUT2D eigenvalue weighted by atomic mass is 19.1. The molecule has 2 aromatic carbocycles. The fourth-order valence-electron chi connectivity index (χ4n) is 2.93. The highest BCUT2D eigenvalue weighted by Gasteiger charge is 2.45. The van der Waals surface area contributed by atoms with Gasteiger partial charge in [-0.15, -0.1) is 0 Å². The van der Waals surface area contributed by atoms with E-state index in [4.69, 9.17) is 9.47 Å². The Labute approximate surface area is 142 Å². The number of ether oxygens (including phenoxy) is 2. The summed E-state index contributed by atoms with van der Waals surface area (Å²) in [4.78, 5) is 24.2. The summed E-state index contributed by atoms with van der Waals surface area (Å²) in [7, 11) is 0. The fraction of sp³-hybridized carbons (Fsp3) is 0.222. The summed E-state index contributed by atoms with van der Waals surface area (Å²) in [6.45, 7) is 0.121. The number of hydrogen-bond donors (Lipinski definition) is 2. The number of amides is 2. The van der Waals surface area contributed by atoms with Crippen LogP contribution < -0.4 is 20.3 Å². The predicted molar refractivity (Wildman–Crippen MR) is 85.4 cm³/mol. The van der Waals surface area contributed by atoms with Crippen molar-refractivity contribution in [3.63, 3.8) is 0 Å². The second-order valence-corrected chi connectivity index (χ2v) is 5.98. The van der Waals surface area contributed by atoms with Gasteiger partial charge in [-0.2, -0.15) is 0 Å². The second kappa shape index (κ2) is 6.08. The topological polar surface area (TPSA) is 76.7 Å². The molecule has 7 heteroatoms. The average molecular weight is 342 g/mol. The lowest BCUT2D eigenvalue weighted by molar-refractivity contribution is -0.123. The Balaban J connectivity index is 1.34. The van der Waals surface area contributed by atoms with Crippen molar-refractivity contribution in [3.8, 4) is 11.5 Å². The number of halogens is 1. The third kappa shape index (κ3) is 3.00. The van der Waals surface area contributed by atoms with Crippen LogP contribution in [-0.2, 0) is 4.79 Å². The lowest BCUT2D eigenvalue weighted by Crippen LogP contribution is -2.42. The third-order valence-corrected chi connectivity index (χ3v) is 4.37. The van der Waals surface area contributed by atoms with Crippen LogP contribution in [0.4, 0.5) is 4.39 Å². The zero-order valence-corrected chi connectivity index (χ0v) is 13.1. The van der Waals surface area contributed by atoms with Crippen molar-refractivity contribution >= 4 is 11.8 Å². The molecular formula is C18H15FN2O4. The first-order valence-corrected chi connectivity index (χ1v) is 7.88. The Hall–Kier alpha value is -3.09. The molecule has 1 fully saturated rings. The minimum absolute atomic E-state index is 0.121. The van der Waals surface area contributed by atoms with Gasteiger partial charge in [0.05, 0.1) is 0 Å². The number of benzene rings is 2. The second-order valence-electron chi connectivity index (χ2n) is 5.98. The molecule has 4 rings (SSSR count). The maximum atomic E-state index is 13.7. The van der Waals surface area contributed by atoms with Crippen molar-refractivity contribution in [1.82, 2.24) is 10.9 Å². The van der Waals surface area contributed by atoms with Gasteiger partial charge < -0.3 is 9.47 Å². The van der Waals surface area contributed by atoms with E-state index in [0.29, 0.717) is 29.0 Å². The van der Waals surface area contributed by atoms with Gasteiger partial charge in [-0.25, -0.2) is 4.39 Å². The summed E-state index contributed by atoms with van der Waals surface area (Å²) in [6.07, 6.45) is 0.562. The van der Waals surface area contributed by atoms with Gasteiger partial charge in [-0.05, 0) is 42.2 Å². The molecule has 2 aliphatic rings. The first-order valence-electron chi connectivity index (χ1n) is 7.88. The molecule has 1 aliphatic heterocycles. The standard InChI is InChI=1S/C18H15FN2O4/c19-14-4-2-1-3-11(14)12-8-13(12)18(23)21-20-17(22)10-5-6-15-16(7-10)25-9-24-15/h1-7,12-13H,8-9H2,(H,20,22)(H,21,23)/t12-,13-/m1/s1. The number of rotatable bonds is 3. The van der Waals surface area contributed by atoms with Crippen LogP contribution in [0.15, 0.2) is 42.5 Å². The molecule has 25 heavy (non-hydrogen) atoms. The first kappa shape index (κ1) is 15.4. The van der Waals surface area contributed by atoms with Crippen LogP contribution in [-0.4, -0.2) is 18.6 Å². The van der Waals surface area contributed by atoms with Crippen LogP contribution in [0.2, 0.25) is 0 Å². The Bertz CT molecular complexity index is 855. The Morgan fingerprint density at radius 3 is 2.68 bits per heavy atom. The van der Waals surface area contributed by atoms with E-state index < -0.39 is 5.91 Å². The van der Waals surface area contributed by atoms with Crippen LogP contribution in [0.25, 0.3) is 0 Å². The van der Waals surface area contributed by atoms with E-state index in [1.807, 2.05) is 0 Å². The molecule has 1 saturated carbocycles. The van der Waals surface area contributed by atoms with Crippen LogP contribution in [0.5, 0.6) is 11.5 Å². The highest BCUT2D eigenvalue weighted by Crippen LogP contribution is 2.48. The normalized spacial score (nSPS) is 20.0. The molecule has 0 unspecified atom stereocenters. The first-order chi connectivity index (χ1) is 12.1. The predicted octanol–water partition coefficient (Wildman–Crippen LogP) is 2.12. The highest BCUT2D eigenvalue weighted by molar-refractivity contribution is 5.96. The molecule has 0 radical (unpaired) electrons. The van der Waals surface area contributed by atoms with Gasteiger partial charge in [-0.3, -0.25) is 20.4 Å². The van der Waals surface area contributed by atoms with Gasteiger partial charge in [0.15, 0.2) is 11.5 Å². The van der Waals surface area contributed by atoms with E-state index in [0.717, 1.165) is 0 Å². The summed E-state index contributed by atoms with van der Waals surface area (Å²) in [5.41, 5.74) is 5.64. The molecule has 0 saturated heterocycles. The fourth-order valence-corrected chi connectivity index (χ4v) is 2.93. The summed E-state index contributed by atoms with van der Waals surface area (Å²) in [5, 5.41) is 0. The average Bonchev–Trinajstić information content (AvgIpc) is 3.28. The van der Waals surface area contributed by atoms with Gasteiger partial charge in [0, 0.05) is 11.5 Å². The van der Waals surface area contributed by atoms with Crippen molar-refractivity contribution in [2.24, 2.45) is 5.92 Å². The smallest absolute Gasteiger partial charge is 0.269 e. The molecule has 6 nitrogen and oxygen atoms in total. The Kier molecular flexibility index (Phi) is 3.76. The summed E-state index contributed by atoms with van der Waals surface area (Å²) >= 11 is 0. The molecule has 1 heterocycles. The largest absolute Gasteiger partial charge is 0.454 e. The quantitative estimate of drug-likeness (QED) is 0.838. The third-order valence-electron chi connectivity index (χ3n) is 4.37. The number of carbonyl (C=O) groups is 2. The van der Waals surface area contributed by atoms with Crippen molar-refractivity contribution in [2.75, 3.05) is 6.79 Å². The van der Waals surface area contributed by atoms with E-state index in [1.165, 1.54) is 6.07 Å². The lowest BCUT2D eigenvalue weighted by atomic mass is 10.1. The van der Waals surface area contributed by atoms with Crippen molar-refractivity contribution in [3.05, 3.63) is 59.4 Å². The van der Waals surface area contributed by atoms with Crippen molar-refractivity contribution in [2.45, 2.75) is 12.3 Å². The summed E-state index contributed by atoms with van der Waals surface area (Å²) in [6, 6.07) is 11.2. The maximum Gasteiger partial charge on any atom is 0.269 e. The van der Waals surface area contributed by atoms with E-state index in [1.54, 1.807) is 36.4 Å². The van der Waals surface area contributed by atoms with Gasteiger partial charge in [0.1, 0.15) is 5.82 Å². The van der Waals surface area contributed by atoms with Gasteiger partial charge >= 0.3 is 0 Å². The van der Waals surface area contributed by atoms with Crippen LogP contribution in [0, 0.1) is 11.7 Å². The molecule has 128 valence electrons. The zero-order valence-electron chi connectivity index (χ0n) is 13.1. The number of hydrazine groups is 1. The van der Waals surface area contributed by atoms with E-state index in [9.17, 15) is 14.0 Å². The molecule has 2 atom stereocenters. The van der Waals surface area contributed by atoms with Crippen LogP contribution in [0.3, 0.4) is 0 Å². The maximum absolute atomic E-state index is 13.7. The molecule has 2 amide bonds. The SMILES string of the molecule is O=C(NNC(=O)[C@@H]1C[C@@H]1c1ccccc1F)c1ccc2c(c1)OCO2. The minimum Gasteiger partial charge on any atom is -0.454 e. The zero-order chi connectivity index (χ0) is 17.4. The Morgan fingerprint density at radius 2 is 1.84 bits per heavy atom. The van der Waals surface area contributed by atoms with E-state index >= 15 is 0 Å².